The summed E-state index contributed by atoms with van der Waals surface area (Å²) < 4.78 is 60.1. The highest BCUT2D eigenvalue weighted by atomic mass is 32.2. The number of alkyl halides is 2. The summed E-state index contributed by atoms with van der Waals surface area (Å²) in [6.07, 6.45) is -0.326. The van der Waals surface area contributed by atoms with E-state index in [9.17, 15) is 26.8 Å². The van der Waals surface area contributed by atoms with Gasteiger partial charge in [0.05, 0.1) is 18.4 Å². The Morgan fingerprint density at radius 3 is 2.71 bits per heavy atom. The summed E-state index contributed by atoms with van der Waals surface area (Å²) in [5.41, 5.74) is 6.60. The molecule has 0 aliphatic carbocycles. The quantitative estimate of drug-likeness (QED) is 0.503. The molecule has 4 N–H and O–H groups in total. The molecule has 2 aliphatic rings. The van der Waals surface area contributed by atoms with Gasteiger partial charge in [-0.2, -0.15) is 8.42 Å². The summed E-state index contributed by atoms with van der Waals surface area (Å²) in [6.45, 7) is 2.44. The molecule has 4 rings (SSSR count). The Labute approximate surface area is 198 Å². The number of nitrogens with zero attached hydrogens (tertiary/aromatic N) is 3. The van der Waals surface area contributed by atoms with Crippen LogP contribution in [0.1, 0.15) is 6.92 Å². The van der Waals surface area contributed by atoms with E-state index in [0.29, 0.717) is 42.2 Å². The number of carbonyl (C=O) groups is 2. The Morgan fingerprint density at radius 2 is 2.09 bits per heavy atom. The summed E-state index contributed by atoms with van der Waals surface area (Å²) in [6, 6.07) is 3.51. The standard InChI is InChI=1S/C18H19F2N5O3S.CH4O3S/c1-9(16(21)26)22-10-2-3-11-13(6-10)28-5-4-24-7-14(23-17(11)24)25-12(15(19)20)8-29-18(25)27;1-5(2,3)4/h2-3,6-7,9,12,15,22H,4-5,8H2,1H3,(H2,21,26);1H3,(H,2,3,4)/t9-,12-;/m0./s1. The number of anilines is 2. The average Bonchev–Trinajstić information content (AvgIpc) is 3.26. The minimum atomic E-state index is -3.67. The van der Waals surface area contributed by atoms with Crippen LogP contribution in [0.5, 0.6) is 5.75 Å². The molecule has 3 heterocycles. The second-order valence-electron chi connectivity index (χ2n) is 7.53. The smallest absolute Gasteiger partial charge is 0.287 e. The highest BCUT2D eigenvalue weighted by molar-refractivity contribution is 8.14. The van der Waals surface area contributed by atoms with E-state index in [4.69, 9.17) is 15.0 Å². The van der Waals surface area contributed by atoms with Gasteiger partial charge in [0.2, 0.25) is 5.91 Å². The molecule has 1 fully saturated rings. The van der Waals surface area contributed by atoms with E-state index in [1.54, 1.807) is 35.9 Å². The lowest BCUT2D eigenvalue weighted by Gasteiger charge is -2.20. The molecule has 0 radical (unpaired) electrons. The van der Waals surface area contributed by atoms with E-state index in [-0.39, 0.29) is 11.6 Å². The van der Waals surface area contributed by atoms with Gasteiger partial charge in [-0.15, -0.1) is 0 Å². The number of aromatic nitrogens is 2. The molecule has 34 heavy (non-hydrogen) atoms. The molecular weight excluding hydrogens is 496 g/mol. The number of thioether (sulfide) groups is 1. The predicted octanol–water partition coefficient (Wildman–Crippen LogP) is 2.04. The zero-order valence-corrected chi connectivity index (χ0v) is 19.8. The maximum absolute atomic E-state index is 13.3. The topological polar surface area (TPSA) is 157 Å². The third-order valence-corrected chi connectivity index (χ3v) is 5.78. The molecule has 15 heteroatoms. The first-order valence-electron chi connectivity index (χ1n) is 9.92. The minimum absolute atomic E-state index is 0.0332. The Kier molecular flexibility index (Phi) is 7.67. The lowest BCUT2D eigenvalue weighted by Crippen LogP contribution is -2.38. The summed E-state index contributed by atoms with van der Waals surface area (Å²) in [5, 5.41) is 2.56. The number of nitrogens with two attached hydrogens (primary N) is 1. The van der Waals surface area contributed by atoms with Gasteiger partial charge in [-0.25, -0.2) is 13.8 Å². The SMILES string of the molecule is CS(=O)(=O)O.C[C@H](Nc1ccc2c(c1)OCCn1cc(N3C(=O)SC[C@H]3C(F)F)nc1-2)C(N)=O. The van der Waals surface area contributed by atoms with Gasteiger partial charge in [-0.05, 0) is 19.1 Å². The van der Waals surface area contributed by atoms with Crippen LogP contribution >= 0.6 is 11.8 Å². The van der Waals surface area contributed by atoms with Crippen LogP contribution < -0.4 is 20.7 Å². The van der Waals surface area contributed by atoms with Gasteiger partial charge < -0.3 is 20.4 Å². The number of carbonyl (C=O) groups excluding carboxylic acids is 2. The summed E-state index contributed by atoms with van der Waals surface area (Å²) in [7, 11) is -3.67. The number of rotatable bonds is 5. The Morgan fingerprint density at radius 1 is 1.41 bits per heavy atom. The number of primary amides is 1. The van der Waals surface area contributed by atoms with Crippen molar-refractivity contribution in [2.45, 2.75) is 32.0 Å². The largest absolute Gasteiger partial charge is 0.491 e. The zero-order valence-electron chi connectivity index (χ0n) is 18.1. The van der Waals surface area contributed by atoms with Crippen LogP contribution in [0.3, 0.4) is 0 Å². The molecule has 0 saturated carbocycles. The van der Waals surface area contributed by atoms with Crippen molar-refractivity contribution >= 4 is 44.5 Å². The van der Waals surface area contributed by atoms with Gasteiger partial charge in [0.15, 0.2) is 5.82 Å². The van der Waals surface area contributed by atoms with Crippen LogP contribution in [-0.4, -0.2) is 70.8 Å². The van der Waals surface area contributed by atoms with Crippen molar-refractivity contribution in [3.8, 4) is 17.1 Å². The maximum atomic E-state index is 13.3. The second kappa shape index (κ2) is 10.1. The van der Waals surface area contributed by atoms with Crippen molar-refractivity contribution in [2.75, 3.05) is 28.8 Å². The number of halogens is 2. The molecule has 1 aromatic carbocycles. The van der Waals surface area contributed by atoms with Gasteiger partial charge in [-0.1, -0.05) is 11.8 Å². The second-order valence-corrected chi connectivity index (χ2v) is 9.96. The molecule has 2 amide bonds. The van der Waals surface area contributed by atoms with E-state index in [0.717, 1.165) is 16.7 Å². The van der Waals surface area contributed by atoms with E-state index >= 15 is 0 Å². The highest BCUT2D eigenvalue weighted by Gasteiger charge is 2.40. The van der Waals surface area contributed by atoms with Crippen LogP contribution in [0.15, 0.2) is 24.4 Å². The number of hydrogen-bond acceptors (Lipinski definition) is 8. The lowest BCUT2D eigenvalue weighted by atomic mass is 10.1. The zero-order chi connectivity index (χ0) is 25.2. The van der Waals surface area contributed by atoms with Gasteiger partial charge >= 0.3 is 0 Å². The maximum Gasteiger partial charge on any atom is 0.287 e. The molecule has 186 valence electrons. The monoisotopic (exact) mass is 519 g/mol. The lowest BCUT2D eigenvalue weighted by molar-refractivity contribution is -0.118. The third-order valence-electron chi connectivity index (χ3n) is 4.83. The molecule has 0 unspecified atom stereocenters. The molecular formula is C19H23F2N5O6S2. The first kappa shape index (κ1) is 25.7. The predicted molar refractivity (Wildman–Crippen MR) is 123 cm³/mol. The minimum Gasteiger partial charge on any atom is -0.491 e. The van der Waals surface area contributed by atoms with Crippen molar-refractivity contribution in [3.05, 3.63) is 24.4 Å². The van der Waals surface area contributed by atoms with E-state index in [1.165, 1.54) is 0 Å². The normalized spacial score (nSPS) is 18.2. The number of hydrogen-bond donors (Lipinski definition) is 3. The Bertz CT molecular complexity index is 1180. The molecule has 1 aromatic heterocycles. The molecule has 0 bridgehead atoms. The van der Waals surface area contributed by atoms with E-state index in [1.807, 2.05) is 0 Å². The van der Waals surface area contributed by atoms with Crippen molar-refractivity contribution in [3.63, 3.8) is 0 Å². The fourth-order valence-corrected chi connectivity index (χ4v) is 4.26. The van der Waals surface area contributed by atoms with Gasteiger partial charge in [-0.3, -0.25) is 19.0 Å². The average molecular weight is 520 g/mol. The molecule has 0 spiro atoms. The first-order valence-corrected chi connectivity index (χ1v) is 12.8. The third kappa shape index (κ3) is 6.15. The van der Waals surface area contributed by atoms with E-state index < -0.39 is 39.8 Å². The fraction of sp³-hybridized carbons (Fsp3) is 0.421. The molecule has 1 saturated heterocycles. The van der Waals surface area contributed by atoms with Gasteiger partial charge in [0.1, 0.15) is 30.3 Å². The highest BCUT2D eigenvalue weighted by Crippen LogP contribution is 2.38. The van der Waals surface area contributed by atoms with Gasteiger partial charge in [0, 0.05) is 23.7 Å². The van der Waals surface area contributed by atoms with Crippen molar-refractivity contribution in [1.82, 2.24) is 9.55 Å². The molecule has 2 aliphatic heterocycles. The number of fused-ring (bicyclic) bond motifs is 3. The summed E-state index contributed by atoms with van der Waals surface area (Å²) in [5.74, 6) is 0.821. The molecule has 2 aromatic rings. The van der Waals surface area contributed by atoms with Gasteiger partial charge in [0.25, 0.3) is 21.8 Å². The van der Waals surface area contributed by atoms with Crippen molar-refractivity contribution < 1.29 is 36.1 Å². The van der Waals surface area contributed by atoms with Crippen LogP contribution in [-0.2, 0) is 21.5 Å². The molecule has 11 nitrogen and oxygen atoms in total. The summed E-state index contributed by atoms with van der Waals surface area (Å²) in [4.78, 5) is 29.0. The van der Waals surface area contributed by atoms with Crippen LogP contribution in [0.2, 0.25) is 0 Å². The Hall–Kier alpha value is -2.91. The van der Waals surface area contributed by atoms with E-state index in [2.05, 4.69) is 10.3 Å². The molecule has 2 atom stereocenters. The number of nitrogens with one attached hydrogen (secondary N) is 1. The fourth-order valence-electron chi connectivity index (χ4n) is 3.28. The van der Waals surface area contributed by atoms with Crippen LogP contribution in [0.25, 0.3) is 11.4 Å². The first-order chi connectivity index (χ1) is 15.8. The number of ether oxygens (including phenoxy) is 1. The van der Waals surface area contributed by atoms with Crippen LogP contribution in [0, 0.1) is 0 Å². The van der Waals surface area contributed by atoms with Crippen molar-refractivity contribution in [1.29, 1.82) is 0 Å². The Balaban J connectivity index is 0.000000588. The van der Waals surface area contributed by atoms with Crippen LogP contribution in [0.4, 0.5) is 25.1 Å². The number of amides is 2. The number of imidazole rings is 1. The summed E-state index contributed by atoms with van der Waals surface area (Å²) >= 11 is 0.869. The van der Waals surface area contributed by atoms with Crippen molar-refractivity contribution in [2.24, 2.45) is 5.73 Å². The number of benzene rings is 1.